The van der Waals surface area contributed by atoms with Gasteiger partial charge >= 0.3 is 0 Å². The number of hydrogen-bond donors (Lipinski definition) is 1. The quantitative estimate of drug-likeness (QED) is 0.892. The molecule has 94 valence electrons. The van der Waals surface area contributed by atoms with Crippen LogP contribution in [-0.4, -0.2) is 17.1 Å². The van der Waals surface area contributed by atoms with Crippen LogP contribution in [0.4, 0.5) is 0 Å². The summed E-state index contributed by atoms with van der Waals surface area (Å²) in [6.45, 7) is 2.34. The zero-order valence-corrected chi connectivity index (χ0v) is 10.6. The predicted octanol–water partition coefficient (Wildman–Crippen LogP) is 1.98. The smallest absolute Gasteiger partial charge is 0.162 e. The SMILES string of the molecule is COC(c1ccccc1)c1nc(C)cc(CN)n1. The number of nitrogens with zero attached hydrogens (tertiary/aromatic N) is 2. The monoisotopic (exact) mass is 243 g/mol. The third-order valence-electron chi connectivity index (χ3n) is 2.71. The van der Waals surface area contributed by atoms with E-state index in [1.807, 2.05) is 43.3 Å². The molecule has 0 fully saturated rings. The molecule has 0 saturated heterocycles. The van der Waals surface area contributed by atoms with E-state index in [-0.39, 0.29) is 6.10 Å². The van der Waals surface area contributed by atoms with Gasteiger partial charge in [0, 0.05) is 19.3 Å². The second-order valence-corrected chi connectivity index (χ2v) is 4.09. The van der Waals surface area contributed by atoms with Gasteiger partial charge in [0.2, 0.25) is 0 Å². The lowest BCUT2D eigenvalue weighted by atomic mass is 10.1. The molecule has 0 saturated carbocycles. The second kappa shape index (κ2) is 5.71. The summed E-state index contributed by atoms with van der Waals surface area (Å²) in [5.74, 6) is 0.657. The van der Waals surface area contributed by atoms with Crippen LogP contribution < -0.4 is 5.73 Å². The van der Waals surface area contributed by atoms with Gasteiger partial charge < -0.3 is 10.5 Å². The van der Waals surface area contributed by atoms with E-state index in [2.05, 4.69) is 9.97 Å². The van der Waals surface area contributed by atoms with Gasteiger partial charge in [0.05, 0.1) is 5.69 Å². The molecule has 4 heteroatoms. The van der Waals surface area contributed by atoms with E-state index < -0.39 is 0 Å². The molecule has 0 amide bonds. The van der Waals surface area contributed by atoms with E-state index in [1.54, 1.807) is 7.11 Å². The topological polar surface area (TPSA) is 61.0 Å². The number of benzene rings is 1. The normalized spacial score (nSPS) is 12.4. The maximum absolute atomic E-state index is 5.64. The van der Waals surface area contributed by atoms with E-state index in [9.17, 15) is 0 Å². The standard InChI is InChI=1S/C14H17N3O/c1-10-8-12(9-15)17-14(16-10)13(18-2)11-6-4-3-5-7-11/h3-8,13H,9,15H2,1-2H3. The highest BCUT2D eigenvalue weighted by atomic mass is 16.5. The molecule has 0 aliphatic rings. The van der Waals surface area contributed by atoms with Gasteiger partial charge in [0.25, 0.3) is 0 Å². The minimum absolute atomic E-state index is 0.253. The van der Waals surface area contributed by atoms with Gasteiger partial charge in [-0.25, -0.2) is 9.97 Å². The van der Waals surface area contributed by atoms with E-state index in [4.69, 9.17) is 10.5 Å². The van der Waals surface area contributed by atoms with Crippen molar-refractivity contribution in [3.63, 3.8) is 0 Å². The molecule has 1 unspecified atom stereocenters. The molecule has 0 aliphatic heterocycles. The fourth-order valence-electron chi connectivity index (χ4n) is 1.90. The highest BCUT2D eigenvalue weighted by molar-refractivity contribution is 5.24. The summed E-state index contributed by atoms with van der Waals surface area (Å²) in [6, 6.07) is 11.8. The fourth-order valence-corrected chi connectivity index (χ4v) is 1.90. The maximum Gasteiger partial charge on any atom is 0.162 e. The minimum Gasteiger partial charge on any atom is -0.369 e. The Kier molecular flexibility index (Phi) is 4.02. The summed E-state index contributed by atoms with van der Waals surface area (Å²) in [6.07, 6.45) is -0.253. The highest BCUT2D eigenvalue weighted by Crippen LogP contribution is 2.22. The molecule has 0 spiro atoms. The predicted molar refractivity (Wildman–Crippen MR) is 70.0 cm³/mol. The van der Waals surface area contributed by atoms with Gasteiger partial charge in [0.1, 0.15) is 6.10 Å². The molecule has 0 aliphatic carbocycles. The molecule has 2 rings (SSSR count). The summed E-state index contributed by atoms with van der Waals surface area (Å²) in [5, 5.41) is 0. The van der Waals surface area contributed by atoms with Gasteiger partial charge in [0.15, 0.2) is 5.82 Å². The first kappa shape index (κ1) is 12.7. The lowest BCUT2D eigenvalue weighted by molar-refractivity contribution is 0.128. The number of methoxy groups -OCH3 is 1. The third kappa shape index (κ3) is 2.72. The first-order valence-corrected chi connectivity index (χ1v) is 5.87. The highest BCUT2D eigenvalue weighted by Gasteiger charge is 2.16. The Balaban J connectivity index is 2.42. The van der Waals surface area contributed by atoms with Crippen molar-refractivity contribution in [1.29, 1.82) is 0 Å². The van der Waals surface area contributed by atoms with Gasteiger partial charge in [-0.1, -0.05) is 30.3 Å². The summed E-state index contributed by atoms with van der Waals surface area (Å²) >= 11 is 0. The number of ether oxygens (including phenoxy) is 1. The molecule has 1 atom stereocenters. The average Bonchev–Trinajstić information content (AvgIpc) is 2.40. The van der Waals surface area contributed by atoms with Gasteiger partial charge in [-0.2, -0.15) is 0 Å². The van der Waals surface area contributed by atoms with Crippen LogP contribution in [0.3, 0.4) is 0 Å². The van der Waals surface area contributed by atoms with Crippen molar-refractivity contribution in [3.8, 4) is 0 Å². The number of aryl methyl sites for hydroxylation is 1. The van der Waals surface area contributed by atoms with Gasteiger partial charge in [-0.15, -0.1) is 0 Å². The Morgan fingerprint density at radius 2 is 1.94 bits per heavy atom. The molecular formula is C14H17N3O. The van der Waals surface area contributed by atoms with Gasteiger partial charge in [-0.3, -0.25) is 0 Å². The molecular weight excluding hydrogens is 226 g/mol. The van der Waals surface area contributed by atoms with Crippen LogP contribution >= 0.6 is 0 Å². The Hall–Kier alpha value is -1.78. The Labute approximate surface area is 107 Å². The zero-order chi connectivity index (χ0) is 13.0. The largest absolute Gasteiger partial charge is 0.369 e. The first-order valence-electron chi connectivity index (χ1n) is 5.87. The van der Waals surface area contributed by atoms with Crippen LogP contribution in [0.25, 0.3) is 0 Å². The summed E-state index contributed by atoms with van der Waals surface area (Å²) < 4.78 is 5.51. The number of aromatic nitrogens is 2. The van der Waals surface area contributed by atoms with Crippen molar-refractivity contribution in [2.45, 2.75) is 19.6 Å². The van der Waals surface area contributed by atoms with Crippen LogP contribution in [0.5, 0.6) is 0 Å². The van der Waals surface area contributed by atoms with Crippen molar-refractivity contribution < 1.29 is 4.74 Å². The Morgan fingerprint density at radius 3 is 2.56 bits per heavy atom. The van der Waals surface area contributed by atoms with Crippen molar-refractivity contribution >= 4 is 0 Å². The molecule has 18 heavy (non-hydrogen) atoms. The summed E-state index contributed by atoms with van der Waals surface area (Å²) in [5.41, 5.74) is 8.40. The maximum atomic E-state index is 5.64. The molecule has 0 radical (unpaired) electrons. The van der Waals surface area contributed by atoms with Crippen molar-refractivity contribution in [1.82, 2.24) is 9.97 Å². The van der Waals surface area contributed by atoms with Crippen molar-refractivity contribution in [2.24, 2.45) is 5.73 Å². The average molecular weight is 243 g/mol. The van der Waals surface area contributed by atoms with Crippen molar-refractivity contribution in [2.75, 3.05) is 7.11 Å². The van der Waals surface area contributed by atoms with Crippen LogP contribution in [0.2, 0.25) is 0 Å². The lowest BCUT2D eigenvalue weighted by Crippen LogP contribution is -2.12. The van der Waals surface area contributed by atoms with Crippen LogP contribution in [0, 0.1) is 6.92 Å². The van der Waals surface area contributed by atoms with Crippen LogP contribution in [0.15, 0.2) is 36.4 Å². The molecule has 1 aromatic heterocycles. The number of nitrogens with two attached hydrogens (primary N) is 1. The number of rotatable bonds is 4. The lowest BCUT2D eigenvalue weighted by Gasteiger charge is -2.15. The zero-order valence-electron chi connectivity index (χ0n) is 10.6. The third-order valence-corrected chi connectivity index (χ3v) is 2.71. The molecule has 2 aromatic rings. The summed E-state index contributed by atoms with van der Waals surface area (Å²) in [4.78, 5) is 8.88. The van der Waals surface area contributed by atoms with E-state index in [0.717, 1.165) is 17.0 Å². The molecule has 1 aromatic carbocycles. The first-order chi connectivity index (χ1) is 8.74. The van der Waals surface area contributed by atoms with Crippen LogP contribution in [-0.2, 0) is 11.3 Å². The van der Waals surface area contributed by atoms with E-state index in [0.29, 0.717) is 12.4 Å². The minimum atomic E-state index is -0.253. The molecule has 2 N–H and O–H groups in total. The van der Waals surface area contributed by atoms with Crippen LogP contribution in [0.1, 0.15) is 28.9 Å². The molecule has 4 nitrogen and oxygen atoms in total. The van der Waals surface area contributed by atoms with Crippen molar-refractivity contribution in [3.05, 3.63) is 59.2 Å². The fraction of sp³-hybridized carbons (Fsp3) is 0.286. The molecule has 0 bridgehead atoms. The summed E-state index contributed by atoms with van der Waals surface area (Å²) in [7, 11) is 1.66. The van der Waals surface area contributed by atoms with Gasteiger partial charge in [-0.05, 0) is 18.6 Å². The second-order valence-electron chi connectivity index (χ2n) is 4.09. The Morgan fingerprint density at radius 1 is 1.22 bits per heavy atom. The van der Waals surface area contributed by atoms with E-state index >= 15 is 0 Å². The Bertz CT molecular complexity index is 514. The molecule has 1 heterocycles. The number of hydrogen-bond acceptors (Lipinski definition) is 4. The van der Waals surface area contributed by atoms with E-state index in [1.165, 1.54) is 0 Å².